The maximum atomic E-state index is 12.4. The number of carbonyl (C=O) groups is 1. The van der Waals surface area contributed by atoms with Crippen LogP contribution in [-0.2, 0) is 17.6 Å². The standard InChI is InChI=1S/C23H26N2O3/c1-23(2,15-16-7-5-4-6-8-16)25-21(26)12-10-18-13-17-9-11-19(28-3)14-20(17)24-22(18)27/h4-9,11,13-14H,10,12,15H2,1-3H3,(H,24,27)(H,25,26). The van der Waals surface area contributed by atoms with E-state index in [1.807, 2.05) is 50.2 Å². The SMILES string of the molecule is COc1ccc2cc(CCC(=O)NC(C)(C)Cc3ccccc3)c(=O)[nH]c2c1. The smallest absolute Gasteiger partial charge is 0.251 e. The molecule has 0 unspecified atom stereocenters. The fourth-order valence-electron chi connectivity index (χ4n) is 3.38. The third-order valence-electron chi connectivity index (χ3n) is 4.72. The van der Waals surface area contributed by atoms with Gasteiger partial charge in [0, 0.05) is 23.6 Å². The molecule has 28 heavy (non-hydrogen) atoms. The van der Waals surface area contributed by atoms with Gasteiger partial charge in [-0.15, -0.1) is 0 Å². The minimum absolute atomic E-state index is 0.0600. The number of ether oxygens (including phenoxy) is 1. The van der Waals surface area contributed by atoms with E-state index >= 15 is 0 Å². The van der Waals surface area contributed by atoms with Gasteiger partial charge in [0.2, 0.25) is 5.91 Å². The predicted octanol–water partition coefficient (Wildman–Crippen LogP) is 3.61. The number of nitrogens with one attached hydrogen (secondary N) is 2. The molecule has 3 aromatic rings. The van der Waals surface area contributed by atoms with Crippen LogP contribution < -0.4 is 15.6 Å². The third kappa shape index (κ3) is 5.00. The third-order valence-corrected chi connectivity index (χ3v) is 4.72. The van der Waals surface area contributed by atoms with Crippen LogP contribution in [0.5, 0.6) is 5.75 Å². The Bertz CT molecular complexity index is 1020. The van der Waals surface area contributed by atoms with Crippen molar-refractivity contribution in [3.63, 3.8) is 0 Å². The van der Waals surface area contributed by atoms with Gasteiger partial charge in [0.15, 0.2) is 0 Å². The topological polar surface area (TPSA) is 71.2 Å². The average Bonchev–Trinajstić information content (AvgIpc) is 2.65. The minimum Gasteiger partial charge on any atom is -0.497 e. The molecule has 0 saturated heterocycles. The van der Waals surface area contributed by atoms with Crippen LogP contribution in [0, 0.1) is 0 Å². The summed E-state index contributed by atoms with van der Waals surface area (Å²) in [4.78, 5) is 27.7. The molecular formula is C23H26N2O3. The lowest BCUT2D eigenvalue weighted by Crippen LogP contribution is -2.45. The van der Waals surface area contributed by atoms with E-state index in [4.69, 9.17) is 4.74 Å². The Morgan fingerprint density at radius 3 is 2.57 bits per heavy atom. The Hall–Kier alpha value is -3.08. The van der Waals surface area contributed by atoms with Crippen LogP contribution in [0.3, 0.4) is 0 Å². The molecule has 1 amide bonds. The highest BCUT2D eigenvalue weighted by molar-refractivity contribution is 5.81. The van der Waals surface area contributed by atoms with Crippen molar-refractivity contribution in [1.82, 2.24) is 10.3 Å². The molecule has 0 bridgehead atoms. The molecule has 3 rings (SSSR count). The summed E-state index contributed by atoms with van der Waals surface area (Å²) in [6, 6.07) is 17.5. The minimum atomic E-state index is -0.356. The van der Waals surface area contributed by atoms with E-state index < -0.39 is 0 Å². The molecule has 146 valence electrons. The van der Waals surface area contributed by atoms with Gasteiger partial charge in [0.1, 0.15) is 5.75 Å². The molecule has 0 radical (unpaired) electrons. The second kappa shape index (κ2) is 8.30. The van der Waals surface area contributed by atoms with Crippen LogP contribution in [0.1, 0.15) is 31.4 Å². The Morgan fingerprint density at radius 2 is 1.86 bits per heavy atom. The number of hydrogen-bond acceptors (Lipinski definition) is 3. The quantitative estimate of drug-likeness (QED) is 0.660. The van der Waals surface area contributed by atoms with Crippen LogP contribution in [-0.4, -0.2) is 23.5 Å². The first-order valence-electron chi connectivity index (χ1n) is 9.41. The Morgan fingerprint density at radius 1 is 1.11 bits per heavy atom. The lowest BCUT2D eigenvalue weighted by Gasteiger charge is -2.26. The highest BCUT2D eigenvalue weighted by Gasteiger charge is 2.21. The van der Waals surface area contributed by atoms with Gasteiger partial charge < -0.3 is 15.0 Å². The number of aromatic nitrogens is 1. The van der Waals surface area contributed by atoms with Crippen molar-refractivity contribution in [2.45, 2.75) is 38.6 Å². The first-order valence-corrected chi connectivity index (χ1v) is 9.41. The van der Waals surface area contributed by atoms with Crippen LogP contribution in [0.25, 0.3) is 10.9 Å². The zero-order valence-corrected chi connectivity index (χ0v) is 16.5. The molecule has 1 heterocycles. The normalized spacial score (nSPS) is 11.4. The molecule has 5 heteroatoms. The number of amides is 1. The fraction of sp³-hybridized carbons (Fsp3) is 0.304. The van der Waals surface area contributed by atoms with Gasteiger partial charge in [0.05, 0.1) is 12.6 Å². The zero-order chi connectivity index (χ0) is 20.1. The van der Waals surface area contributed by atoms with Crippen LogP contribution >= 0.6 is 0 Å². The van der Waals surface area contributed by atoms with Gasteiger partial charge in [-0.2, -0.15) is 0 Å². The average molecular weight is 378 g/mol. The van der Waals surface area contributed by atoms with Crippen molar-refractivity contribution in [1.29, 1.82) is 0 Å². The number of aryl methyl sites for hydroxylation is 1. The molecule has 2 N–H and O–H groups in total. The molecule has 0 aliphatic rings. The van der Waals surface area contributed by atoms with E-state index in [1.165, 1.54) is 5.56 Å². The van der Waals surface area contributed by atoms with Crippen molar-refractivity contribution in [3.8, 4) is 5.75 Å². The molecular weight excluding hydrogens is 352 g/mol. The van der Waals surface area contributed by atoms with Gasteiger partial charge in [-0.05, 0) is 55.8 Å². The van der Waals surface area contributed by atoms with Gasteiger partial charge in [-0.1, -0.05) is 30.3 Å². The van der Waals surface area contributed by atoms with Crippen molar-refractivity contribution in [2.24, 2.45) is 0 Å². The molecule has 0 aliphatic carbocycles. The van der Waals surface area contributed by atoms with Crippen molar-refractivity contribution in [2.75, 3.05) is 7.11 Å². The first-order chi connectivity index (χ1) is 13.4. The van der Waals surface area contributed by atoms with E-state index in [0.717, 1.165) is 17.3 Å². The first kappa shape index (κ1) is 19.7. The number of methoxy groups -OCH3 is 1. The molecule has 0 aliphatic heterocycles. The van der Waals surface area contributed by atoms with E-state index in [9.17, 15) is 9.59 Å². The maximum Gasteiger partial charge on any atom is 0.251 e. The molecule has 0 atom stereocenters. The summed E-state index contributed by atoms with van der Waals surface area (Å²) in [7, 11) is 1.59. The lowest BCUT2D eigenvalue weighted by molar-refractivity contribution is -0.122. The number of pyridine rings is 1. The summed E-state index contributed by atoms with van der Waals surface area (Å²) < 4.78 is 5.19. The zero-order valence-electron chi connectivity index (χ0n) is 16.5. The fourth-order valence-corrected chi connectivity index (χ4v) is 3.38. The number of hydrogen-bond donors (Lipinski definition) is 2. The van der Waals surface area contributed by atoms with Gasteiger partial charge >= 0.3 is 0 Å². The predicted molar refractivity (Wildman–Crippen MR) is 112 cm³/mol. The molecule has 0 saturated carbocycles. The Kier molecular flexibility index (Phi) is 5.83. The highest BCUT2D eigenvalue weighted by Crippen LogP contribution is 2.19. The molecule has 5 nitrogen and oxygen atoms in total. The maximum absolute atomic E-state index is 12.4. The van der Waals surface area contributed by atoms with Gasteiger partial charge in [-0.25, -0.2) is 0 Å². The Balaban J connectivity index is 1.64. The van der Waals surface area contributed by atoms with Crippen LogP contribution in [0.15, 0.2) is 59.4 Å². The van der Waals surface area contributed by atoms with Gasteiger partial charge in [0.25, 0.3) is 5.56 Å². The molecule has 0 spiro atoms. The van der Waals surface area contributed by atoms with Crippen molar-refractivity contribution in [3.05, 3.63) is 76.1 Å². The number of H-pyrrole nitrogens is 1. The summed E-state index contributed by atoms with van der Waals surface area (Å²) in [5.41, 5.74) is 1.98. The summed E-state index contributed by atoms with van der Waals surface area (Å²) in [6.07, 6.45) is 1.41. The second-order valence-corrected chi connectivity index (χ2v) is 7.67. The van der Waals surface area contributed by atoms with E-state index in [0.29, 0.717) is 17.7 Å². The second-order valence-electron chi connectivity index (χ2n) is 7.67. The van der Waals surface area contributed by atoms with E-state index in [-0.39, 0.29) is 23.4 Å². The molecule has 0 fully saturated rings. The van der Waals surface area contributed by atoms with E-state index in [2.05, 4.69) is 22.4 Å². The number of benzene rings is 2. The highest BCUT2D eigenvalue weighted by atomic mass is 16.5. The van der Waals surface area contributed by atoms with E-state index in [1.54, 1.807) is 13.2 Å². The molecule has 2 aromatic carbocycles. The monoisotopic (exact) mass is 378 g/mol. The summed E-state index contributed by atoms with van der Waals surface area (Å²) in [6.45, 7) is 4.02. The van der Waals surface area contributed by atoms with Crippen molar-refractivity contribution < 1.29 is 9.53 Å². The van der Waals surface area contributed by atoms with Crippen LogP contribution in [0.2, 0.25) is 0 Å². The summed E-state index contributed by atoms with van der Waals surface area (Å²) >= 11 is 0. The van der Waals surface area contributed by atoms with Crippen molar-refractivity contribution >= 4 is 16.8 Å². The van der Waals surface area contributed by atoms with Crippen LogP contribution in [0.4, 0.5) is 0 Å². The number of carbonyl (C=O) groups excluding carboxylic acids is 1. The lowest BCUT2D eigenvalue weighted by atomic mass is 9.94. The molecule has 1 aromatic heterocycles. The number of rotatable bonds is 7. The largest absolute Gasteiger partial charge is 0.497 e. The van der Waals surface area contributed by atoms with Gasteiger partial charge in [-0.3, -0.25) is 9.59 Å². The number of fused-ring (bicyclic) bond motifs is 1. The number of aromatic amines is 1. The summed E-state index contributed by atoms with van der Waals surface area (Å²) in [5.74, 6) is 0.631. The summed E-state index contributed by atoms with van der Waals surface area (Å²) in [5, 5.41) is 4.00. The Labute approximate surface area is 164 Å².